The van der Waals surface area contributed by atoms with Crippen molar-refractivity contribution in [2.75, 3.05) is 0 Å². The number of phenols is 1. The lowest BCUT2D eigenvalue weighted by molar-refractivity contribution is 0.0870. The molecule has 1 aliphatic heterocycles. The molecule has 1 aromatic carbocycles. The number of fused-ring (bicyclic) bond motifs is 1. The summed E-state index contributed by atoms with van der Waals surface area (Å²) in [6.45, 7) is 1.85. The van der Waals surface area contributed by atoms with Gasteiger partial charge >= 0.3 is 0 Å². The molecule has 0 aliphatic carbocycles. The zero-order chi connectivity index (χ0) is 9.42. The molecule has 68 valence electrons. The molecule has 0 bridgehead atoms. The van der Waals surface area contributed by atoms with E-state index in [2.05, 4.69) is 0 Å². The van der Waals surface area contributed by atoms with E-state index in [4.69, 9.17) is 9.84 Å². The van der Waals surface area contributed by atoms with E-state index in [0.29, 0.717) is 17.7 Å². The summed E-state index contributed by atoms with van der Waals surface area (Å²) in [6.07, 6.45) is 0.320. The van der Waals surface area contributed by atoms with Crippen molar-refractivity contribution in [3.8, 4) is 11.5 Å². The maximum Gasteiger partial charge on any atom is 0.170 e. The summed E-state index contributed by atoms with van der Waals surface area (Å²) in [7, 11) is 0. The van der Waals surface area contributed by atoms with E-state index in [1.807, 2.05) is 6.92 Å². The molecule has 0 saturated heterocycles. The summed E-state index contributed by atoms with van der Waals surface area (Å²) in [5.41, 5.74) is 0.484. The van der Waals surface area contributed by atoms with Crippen LogP contribution in [-0.4, -0.2) is 17.0 Å². The third-order valence-electron chi connectivity index (χ3n) is 2.06. The lowest BCUT2D eigenvalue weighted by Gasteiger charge is -2.21. The highest BCUT2D eigenvalue weighted by atomic mass is 16.5. The topological polar surface area (TPSA) is 46.5 Å². The number of benzene rings is 1. The van der Waals surface area contributed by atoms with Gasteiger partial charge in [0, 0.05) is 6.42 Å². The van der Waals surface area contributed by atoms with Crippen molar-refractivity contribution in [2.24, 2.45) is 0 Å². The Hall–Kier alpha value is -1.51. The van der Waals surface area contributed by atoms with E-state index in [0.717, 1.165) is 0 Å². The van der Waals surface area contributed by atoms with Gasteiger partial charge in [0.05, 0.1) is 5.56 Å². The third kappa shape index (κ3) is 1.37. The molecular formula is C10H10O3. The van der Waals surface area contributed by atoms with Crippen molar-refractivity contribution in [1.29, 1.82) is 0 Å². The van der Waals surface area contributed by atoms with E-state index in [1.54, 1.807) is 6.07 Å². The van der Waals surface area contributed by atoms with Crippen molar-refractivity contribution in [3.63, 3.8) is 0 Å². The summed E-state index contributed by atoms with van der Waals surface area (Å²) >= 11 is 0. The molecule has 0 amide bonds. The Balaban J connectivity index is 2.49. The normalized spacial score (nSPS) is 20.7. The highest BCUT2D eigenvalue weighted by molar-refractivity contribution is 6.00. The monoisotopic (exact) mass is 178 g/mol. The summed E-state index contributed by atoms with van der Waals surface area (Å²) in [6, 6.07) is 4.59. The predicted octanol–water partition coefficient (Wildman–Crippen LogP) is 1.75. The van der Waals surface area contributed by atoms with Crippen molar-refractivity contribution in [2.45, 2.75) is 19.4 Å². The van der Waals surface area contributed by atoms with Gasteiger partial charge in [-0.1, -0.05) is 0 Å². The number of hydrogen-bond donors (Lipinski definition) is 1. The first kappa shape index (κ1) is 8.10. The number of hydrogen-bond acceptors (Lipinski definition) is 3. The zero-order valence-corrected chi connectivity index (χ0v) is 7.28. The van der Waals surface area contributed by atoms with Gasteiger partial charge < -0.3 is 9.84 Å². The molecular weight excluding hydrogens is 168 g/mol. The molecule has 1 atom stereocenters. The van der Waals surface area contributed by atoms with Gasteiger partial charge in [-0.15, -0.1) is 0 Å². The number of ether oxygens (including phenoxy) is 1. The number of rotatable bonds is 0. The first-order valence-electron chi connectivity index (χ1n) is 4.19. The quantitative estimate of drug-likeness (QED) is 0.658. The first-order chi connectivity index (χ1) is 6.16. The predicted molar refractivity (Wildman–Crippen MR) is 47.1 cm³/mol. The van der Waals surface area contributed by atoms with E-state index >= 15 is 0 Å². The van der Waals surface area contributed by atoms with Crippen LogP contribution in [0.1, 0.15) is 23.7 Å². The molecule has 1 heterocycles. The summed E-state index contributed by atoms with van der Waals surface area (Å²) < 4.78 is 5.43. The minimum Gasteiger partial charge on any atom is -0.508 e. The largest absolute Gasteiger partial charge is 0.508 e. The summed E-state index contributed by atoms with van der Waals surface area (Å²) in [5.74, 6) is 0.705. The van der Waals surface area contributed by atoms with Crippen LogP contribution in [0.3, 0.4) is 0 Å². The molecule has 0 radical (unpaired) electrons. The summed E-state index contributed by atoms with van der Waals surface area (Å²) in [4.78, 5) is 11.5. The standard InChI is InChI=1S/C10H10O3/c1-6-4-9(12)8-5-7(11)2-3-10(8)13-6/h2-3,5-6,11H,4H2,1H3/t6-/m1/s1. The fourth-order valence-electron chi connectivity index (χ4n) is 1.47. The van der Waals surface area contributed by atoms with Gasteiger partial charge in [-0.2, -0.15) is 0 Å². The minimum atomic E-state index is -0.0652. The number of carbonyl (C=O) groups excluding carboxylic acids is 1. The van der Waals surface area contributed by atoms with Gasteiger partial charge in [-0.3, -0.25) is 4.79 Å². The van der Waals surface area contributed by atoms with Gasteiger partial charge in [0.15, 0.2) is 5.78 Å². The van der Waals surface area contributed by atoms with Crippen molar-refractivity contribution < 1.29 is 14.6 Å². The molecule has 0 aromatic heterocycles. The van der Waals surface area contributed by atoms with E-state index in [-0.39, 0.29) is 17.6 Å². The SMILES string of the molecule is C[C@@H]1CC(=O)c2cc(O)ccc2O1. The maximum absolute atomic E-state index is 11.5. The lowest BCUT2D eigenvalue weighted by atomic mass is 10.0. The van der Waals surface area contributed by atoms with Gasteiger partial charge in [0.1, 0.15) is 17.6 Å². The third-order valence-corrected chi connectivity index (χ3v) is 2.06. The Morgan fingerprint density at radius 1 is 1.54 bits per heavy atom. The molecule has 1 aromatic rings. The molecule has 13 heavy (non-hydrogen) atoms. The van der Waals surface area contributed by atoms with Crippen LogP contribution < -0.4 is 4.74 Å². The number of phenolic OH excluding ortho intramolecular Hbond substituents is 1. The smallest absolute Gasteiger partial charge is 0.170 e. The van der Waals surface area contributed by atoms with E-state index in [9.17, 15) is 4.79 Å². The number of carbonyl (C=O) groups is 1. The van der Waals surface area contributed by atoms with Gasteiger partial charge in [0.25, 0.3) is 0 Å². The van der Waals surface area contributed by atoms with Crippen LogP contribution in [0.2, 0.25) is 0 Å². The number of ketones is 1. The molecule has 0 fully saturated rings. The Morgan fingerprint density at radius 2 is 2.31 bits per heavy atom. The average Bonchev–Trinajstić information content (AvgIpc) is 2.06. The van der Waals surface area contributed by atoms with Crippen LogP contribution in [0.5, 0.6) is 11.5 Å². The van der Waals surface area contributed by atoms with Crippen LogP contribution in [0.25, 0.3) is 0 Å². The van der Waals surface area contributed by atoms with Gasteiger partial charge in [0.2, 0.25) is 0 Å². The molecule has 1 aliphatic rings. The van der Waals surface area contributed by atoms with Crippen molar-refractivity contribution >= 4 is 5.78 Å². The maximum atomic E-state index is 11.5. The Labute approximate surface area is 76.0 Å². The highest BCUT2D eigenvalue weighted by Crippen LogP contribution is 2.30. The van der Waals surface area contributed by atoms with Crippen molar-refractivity contribution in [3.05, 3.63) is 23.8 Å². The molecule has 2 rings (SSSR count). The van der Waals surface area contributed by atoms with E-state index < -0.39 is 0 Å². The molecule has 0 unspecified atom stereocenters. The molecule has 1 N–H and O–H groups in total. The second-order valence-electron chi connectivity index (χ2n) is 3.24. The molecule has 3 heteroatoms. The van der Waals surface area contributed by atoms with Crippen LogP contribution in [-0.2, 0) is 0 Å². The lowest BCUT2D eigenvalue weighted by Crippen LogP contribution is -2.23. The van der Waals surface area contributed by atoms with Gasteiger partial charge in [-0.25, -0.2) is 0 Å². The Morgan fingerprint density at radius 3 is 3.08 bits per heavy atom. The zero-order valence-electron chi connectivity index (χ0n) is 7.28. The summed E-state index contributed by atoms with van der Waals surface area (Å²) in [5, 5.41) is 9.16. The Kier molecular flexibility index (Phi) is 1.72. The minimum absolute atomic E-state index is 0.0321. The average molecular weight is 178 g/mol. The van der Waals surface area contributed by atoms with Crippen LogP contribution in [0.4, 0.5) is 0 Å². The molecule has 0 saturated carbocycles. The van der Waals surface area contributed by atoms with Crippen molar-refractivity contribution in [1.82, 2.24) is 0 Å². The number of Topliss-reactive ketones (excluding diaryl/α,β-unsaturated/α-hetero) is 1. The fourth-order valence-corrected chi connectivity index (χ4v) is 1.47. The first-order valence-corrected chi connectivity index (χ1v) is 4.19. The number of aromatic hydroxyl groups is 1. The van der Waals surface area contributed by atoms with E-state index in [1.165, 1.54) is 12.1 Å². The molecule has 3 nitrogen and oxygen atoms in total. The van der Waals surface area contributed by atoms with Gasteiger partial charge in [-0.05, 0) is 25.1 Å². The van der Waals surface area contributed by atoms with Crippen LogP contribution >= 0.6 is 0 Å². The Bertz CT molecular complexity index is 357. The fraction of sp³-hybridized carbons (Fsp3) is 0.300. The second-order valence-corrected chi connectivity index (χ2v) is 3.24. The second kappa shape index (κ2) is 2.76. The van der Waals surface area contributed by atoms with Crippen LogP contribution in [0.15, 0.2) is 18.2 Å². The van der Waals surface area contributed by atoms with Crippen LogP contribution in [0, 0.1) is 0 Å². The highest BCUT2D eigenvalue weighted by Gasteiger charge is 2.23. The molecule has 0 spiro atoms.